The molecule has 0 aliphatic carbocycles. The van der Waals surface area contributed by atoms with Crippen molar-refractivity contribution in [1.82, 2.24) is 31.1 Å². The Kier molecular flexibility index (Phi) is 29.9. The van der Waals surface area contributed by atoms with Crippen LogP contribution >= 0.6 is 12.2 Å². The van der Waals surface area contributed by atoms with Crippen LogP contribution in [0.25, 0.3) is 0 Å². The standard InChI is InChI=1S/C43H68N8O15S/c1-31(2)38(49-35(52)13-17-59-20-22-61-24-26-63-28-29-64-27-25-62-23-21-60-18-16-51-36(53)11-12-37(51)54)40(56)48-34(6-5-14-46-41(44)57)39(55)47-33-9-7-32(8-10-33)30-66-43(67)50(4)15-19-65-42(58)45-3/h7-12,31,34,38H,5-6,13-30H2,1-4H3,(H,45,58)(H,47,55)(H,48,56)(H,49,52)(H3,44,46,57). The van der Waals surface area contributed by atoms with Crippen LogP contribution in [-0.2, 0) is 68.5 Å². The lowest BCUT2D eigenvalue weighted by molar-refractivity contribution is -0.137. The number of thiocarbonyl (C=S) groups is 1. The SMILES string of the molecule is CNC(=O)OCCN(C)C(=S)OCc1ccc(NC(=O)C(CCCNC(N)=O)NC(=O)C(NC(=O)CCOCCOCCOCCOCCOCCOCCN2C(=O)C=CC2=O)C(C)C)cc1. The van der Waals surface area contributed by atoms with Gasteiger partial charge < -0.3 is 75.1 Å². The Hall–Kier alpha value is -5.50. The fourth-order valence-electron chi connectivity index (χ4n) is 5.61. The van der Waals surface area contributed by atoms with Crippen molar-refractivity contribution in [2.75, 3.05) is 125 Å². The van der Waals surface area contributed by atoms with Crippen molar-refractivity contribution in [3.05, 3.63) is 42.0 Å². The second kappa shape index (κ2) is 34.8. The van der Waals surface area contributed by atoms with E-state index in [4.69, 9.17) is 55.8 Å². The Morgan fingerprint density at radius 2 is 1.27 bits per heavy atom. The Morgan fingerprint density at radius 1 is 0.731 bits per heavy atom. The first-order chi connectivity index (χ1) is 32.2. The molecule has 8 amide bonds. The predicted molar refractivity (Wildman–Crippen MR) is 246 cm³/mol. The van der Waals surface area contributed by atoms with Crippen LogP contribution in [0, 0.1) is 5.92 Å². The summed E-state index contributed by atoms with van der Waals surface area (Å²) >= 11 is 5.30. The summed E-state index contributed by atoms with van der Waals surface area (Å²) in [7, 11) is 3.17. The lowest BCUT2D eigenvalue weighted by Gasteiger charge is -2.25. The molecule has 2 unspecified atom stereocenters. The van der Waals surface area contributed by atoms with E-state index in [0.717, 1.165) is 10.5 Å². The number of nitrogens with zero attached hydrogens (tertiary/aromatic N) is 2. The van der Waals surface area contributed by atoms with Crippen molar-refractivity contribution < 1.29 is 71.5 Å². The monoisotopic (exact) mass is 968 g/mol. The maximum absolute atomic E-state index is 13.5. The molecule has 0 spiro atoms. The van der Waals surface area contributed by atoms with E-state index in [1.54, 1.807) is 50.1 Å². The van der Waals surface area contributed by atoms with Gasteiger partial charge in [-0.05, 0) is 48.7 Å². The van der Waals surface area contributed by atoms with E-state index in [1.165, 1.54) is 19.2 Å². The molecular formula is C43H68N8O15S. The maximum Gasteiger partial charge on any atom is 0.406 e. The average molecular weight is 969 g/mol. The number of carbonyl (C=O) groups is 7. The van der Waals surface area contributed by atoms with Crippen LogP contribution in [0.1, 0.15) is 38.7 Å². The lowest BCUT2D eigenvalue weighted by atomic mass is 10.0. The Balaban J connectivity index is 1.62. The molecule has 0 radical (unpaired) electrons. The first-order valence-electron chi connectivity index (χ1n) is 22.0. The van der Waals surface area contributed by atoms with E-state index in [2.05, 4.69) is 26.6 Å². The number of alkyl carbamates (subject to hydrolysis) is 1. The van der Waals surface area contributed by atoms with Gasteiger partial charge in [0.1, 0.15) is 25.3 Å². The third-order valence-electron chi connectivity index (χ3n) is 9.32. The maximum atomic E-state index is 13.5. The molecule has 1 aliphatic rings. The zero-order valence-corrected chi connectivity index (χ0v) is 39.7. The summed E-state index contributed by atoms with van der Waals surface area (Å²) in [4.78, 5) is 87.9. The zero-order chi connectivity index (χ0) is 49.2. The molecule has 2 rings (SSSR count). The number of nitrogens with one attached hydrogen (secondary N) is 5. The van der Waals surface area contributed by atoms with Crippen molar-refractivity contribution >= 4 is 64.7 Å². The molecule has 0 saturated carbocycles. The number of imide groups is 1. The Bertz CT molecular complexity index is 1700. The average Bonchev–Trinajstić information content (AvgIpc) is 3.62. The van der Waals surface area contributed by atoms with Gasteiger partial charge in [0, 0.05) is 44.9 Å². The number of benzene rings is 1. The summed E-state index contributed by atoms with van der Waals surface area (Å²) < 4.78 is 43.4. The van der Waals surface area contributed by atoms with Crippen LogP contribution in [0.3, 0.4) is 0 Å². The van der Waals surface area contributed by atoms with Crippen molar-refractivity contribution in [2.24, 2.45) is 11.7 Å². The van der Waals surface area contributed by atoms with E-state index in [1.807, 2.05) is 0 Å². The third-order valence-corrected chi connectivity index (χ3v) is 9.75. The molecule has 0 bridgehead atoms. The normalized spacial score (nSPS) is 12.9. The quantitative estimate of drug-likeness (QED) is 0.0298. The number of hydrogen-bond acceptors (Lipinski definition) is 16. The molecular weight excluding hydrogens is 901 g/mol. The predicted octanol–water partition coefficient (Wildman–Crippen LogP) is 0.203. The molecule has 376 valence electrons. The van der Waals surface area contributed by atoms with E-state index in [0.29, 0.717) is 71.5 Å². The summed E-state index contributed by atoms with van der Waals surface area (Å²) in [6, 6.07) is 4.13. The summed E-state index contributed by atoms with van der Waals surface area (Å²) in [6.45, 7) is 8.28. The van der Waals surface area contributed by atoms with Crippen molar-refractivity contribution in [1.29, 1.82) is 0 Å². The molecule has 23 nitrogen and oxygen atoms in total. The van der Waals surface area contributed by atoms with Gasteiger partial charge in [-0.25, -0.2) is 9.59 Å². The van der Waals surface area contributed by atoms with E-state index < -0.39 is 41.9 Å². The van der Waals surface area contributed by atoms with Crippen molar-refractivity contribution in [3.63, 3.8) is 0 Å². The van der Waals surface area contributed by atoms with Gasteiger partial charge in [-0.1, -0.05) is 26.0 Å². The van der Waals surface area contributed by atoms with Crippen LogP contribution in [0.15, 0.2) is 36.4 Å². The minimum Gasteiger partial charge on any atom is -0.466 e. The molecule has 1 aromatic rings. The fourth-order valence-corrected chi connectivity index (χ4v) is 5.76. The molecule has 0 saturated heterocycles. The van der Waals surface area contributed by atoms with Crippen molar-refractivity contribution in [2.45, 2.75) is 51.8 Å². The smallest absolute Gasteiger partial charge is 0.406 e. The highest BCUT2D eigenvalue weighted by Crippen LogP contribution is 2.13. The van der Waals surface area contributed by atoms with Gasteiger partial charge in [-0.2, -0.15) is 0 Å². The fraction of sp³-hybridized carbons (Fsp3) is 0.628. The zero-order valence-electron chi connectivity index (χ0n) is 38.8. The number of carbonyl (C=O) groups excluding carboxylic acids is 7. The van der Waals surface area contributed by atoms with E-state index >= 15 is 0 Å². The van der Waals surface area contributed by atoms with Gasteiger partial charge in [0.05, 0.1) is 92.4 Å². The summed E-state index contributed by atoms with van der Waals surface area (Å²) in [6.07, 6.45) is 2.38. The van der Waals surface area contributed by atoms with E-state index in [9.17, 15) is 33.6 Å². The number of anilines is 1. The van der Waals surface area contributed by atoms with Crippen LogP contribution in [0.2, 0.25) is 0 Å². The van der Waals surface area contributed by atoms with Gasteiger partial charge in [0.25, 0.3) is 17.0 Å². The van der Waals surface area contributed by atoms with Gasteiger partial charge >= 0.3 is 12.1 Å². The van der Waals surface area contributed by atoms with Crippen LogP contribution in [-0.4, -0.2) is 188 Å². The number of rotatable bonds is 36. The number of urea groups is 1. The molecule has 1 aromatic carbocycles. The molecule has 1 heterocycles. The minimum absolute atomic E-state index is 0.0119. The van der Waals surface area contributed by atoms with Crippen LogP contribution in [0.4, 0.5) is 15.3 Å². The second-order valence-corrected chi connectivity index (χ2v) is 15.3. The number of primary amides is 1. The molecule has 1 aliphatic heterocycles. The first-order valence-corrected chi connectivity index (χ1v) is 22.4. The van der Waals surface area contributed by atoms with Crippen LogP contribution in [0.5, 0.6) is 0 Å². The largest absolute Gasteiger partial charge is 0.466 e. The highest BCUT2D eigenvalue weighted by atomic mass is 32.1. The third kappa shape index (κ3) is 26.4. The number of nitrogens with two attached hydrogens (primary N) is 1. The van der Waals surface area contributed by atoms with Gasteiger partial charge in [-0.3, -0.25) is 28.9 Å². The summed E-state index contributed by atoms with van der Waals surface area (Å²) in [5, 5.41) is 13.3. The number of amides is 8. The number of hydrogen-bond donors (Lipinski definition) is 6. The first kappa shape index (κ1) is 57.6. The molecule has 2 atom stereocenters. The van der Waals surface area contributed by atoms with Gasteiger partial charge in [-0.15, -0.1) is 0 Å². The Labute approximate surface area is 396 Å². The van der Waals surface area contributed by atoms with Crippen LogP contribution < -0.4 is 32.3 Å². The molecule has 0 fully saturated rings. The highest BCUT2D eigenvalue weighted by molar-refractivity contribution is 7.80. The van der Waals surface area contributed by atoms with E-state index in [-0.39, 0.29) is 88.5 Å². The molecule has 7 N–H and O–H groups in total. The molecule has 67 heavy (non-hydrogen) atoms. The van der Waals surface area contributed by atoms with Gasteiger partial charge in [0.2, 0.25) is 17.7 Å². The second-order valence-electron chi connectivity index (χ2n) is 14.9. The number of likely N-dealkylation sites (N-methyl/N-ethyl adjacent to an activating group) is 1. The molecule has 24 heteroatoms. The minimum atomic E-state index is -1.02. The highest BCUT2D eigenvalue weighted by Gasteiger charge is 2.29. The van der Waals surface area contributed by atoms with Crippen molar-refractivity contribution in [3.8, 4) is 0 Å². The topological polar surface area (TPSA) is 286 Å². The summed E-state index contributed by atoms with van der Waals surface area (Å²) in [5.41, 5.74) is 6.40. The number of ether oxygens (including phenoxy) is 8. The molecule has 0 aromatic heterocycles. The van der Waals surface area contributed by atoms with Gasteiger partial charge in [0.15, 0.2) is 0 Å². The Morgan fingerprint density at radius 3 is 1.79 bits per heavy atom. The summed E-state index contributed by atoms with van der Waals surface area (Å²) in [5.74, 6) is -2.47. The lowest BCUT2D eigenvalue weighted by Crippen LogP contribution is -2.54.